The zero-order chi connectivity index (χ0) is 20.3. The fourth-order valence-electron chi connectivity index (χ4n) is 3.74. The number of halogens is 2. The molecule has 0 saturated heterocycles. The van der Waals surface area contributed by atoms with Gasteiger partial charge in [0.2, 0.25) is 0 Å². The average Bonchev–Trinajstić information content (AvgIpc) is 2.78. The molecule has 4 rings (SSSR count). The molecule has 0 atom stereocenters. The molecule has 4 aromatic carbocycles. The number of nitrogens with one attached hydrogen (secondary N) is 1. The van der Waals surface area contributed by atoms with Crippen LogP contribution in [0.1, 0.15) is 5.56 Å². The van der Waals surface area contributed by atoms with E-state index in [1.54, 1.807) is 6.07 Å². The van der Waals surface area contributed by atoms with Crippen LogP contribution >= 0.6 is 20.9 Å². The molecule has 0 saturated carbocycles. The molecule has 0 radical (unpaired) electrons. The molecule has 0 amide bonds. The van der Waals surface area contributed by atoms with Crippen LogP contribution in [-0.4, -0.2) is 0 Å². The second-order valence-corrected chi connectivity index (χ2v) is 15.1. The van der Waals surface area contributed by atoms with Crippen molar-refractivity contribution < 1.29 is 4.39 Å². The van der Waals surface area contributed by atoms with Crippen LogP contribution in [0.15, 0.2) is 109 Å². The third kappa shape index (κ3) is 3.39. The molecule has 0 aliphatic heterocycles. The van der Waals surface area contributed by atoms with Gasteiger partial charge in [-0.25, -0.2) is 0 Å². The molecule has 29 heavy (non-hydrogen) atoms. The minimum absolute atomic E-state index is 0.234. The molecule has 0 aromatic heterocycles. The normalized spacial score (nSPS) is 12.7. The van der Waals surface area contributed by atoms with Crippen LogP contribution in [-0.2, 0) is 0 Å². The standard InChI is InChI=1S/C25H22BrFNP/c1-20-19-21(27)17-18-25(20)28-29(26,22-11-5-2-6-12-22,23-13-7-3-8-14-23)24-15-9-4-10-16-24/h2-19,28H,1H3. The van der Waals surface area contributed by atoms with E-state index in [0.717, 1.165) is 27.2 Å². The Bertz CT molecular complexity index is 1020. The molecular weight excluding hydrogens is 444 g/mol. The van der Waals surface area contributed by atoms with Gasteiger partial charge >= 0.3 is 180 Å². The molecule has 0 spiro atoms. The summed E-state index contributed by atoms with van der Waals surface area (Å²) < 4.78 is 13.8. The van der Waals surface area contributed by atoms with E-state index in [2.05, 4.69) is 93.4 Å². The van der Waals surface area contributed by atoms with Gasteiger partial charge in [0.25, 0.3) is 0 Å². The number of aryl methyl sites for hydroxylation is 1. The summed E-state index contributed by atoms with van der Waals surface area (Å²) in [5.74, 6) is -0.234. The molecular formula is C25H22BrFNP. The average molecular weight is 466 g/mol. The fraction of sp³-hybridized carbons (Fsp3) is 0.0400. The first-order valence-corrected chi connectivity index (χ1v) is 13.7. The molecule has 0 aliphatic rings. The molecule has 1 N–H and O–H groups in total. The summed E-state index contributed by atoms with van der Waals surface area (Å²) in [6.07, 6.45) is 0. The van der Waals surface area contributed by atoms with E-state index in [4.69, 9.17) is 0 Å². The Morgan fingerprint density at radius 2 is 1.07 bits per heavy atom. The topological polar surface area (TPSA) is 12.0 Å². The molecule has 0 unspecified atom stereocenters. The first kappa shape index (κ1) is 19.8. The maximum atomic E-state index is 13.8. The molecule has 0 aliphatic carbocycles. The Balaban J connectivity index is 2.09. The summed E-state index contributed by atoms with van der Waals surface area (Å²) in [6.45, 7) is 1.93. The van der Waals surface area contributed by atoms with Crippen molar-refractivity contribution in [2.24, 2.45) is 0 Å². The third-order valence-electron chi connectivity index (χ3n) is 5.24. The van der Waals surface area contributed by atoms with E-state index < -0.39 is 5.46 Å². The summed E-state index contributed by atoms with van der Waals surface area (Å²) in [5, 5.41) is 7.35. The van der Waals surface area contributed by atoms with Crippen LogP contribution < -0.4 is 21.0 Å². The van der Waals surface area contributed by atoms with Crippen LogP contribution in [0.4, 0.5) is 10.1 Å². The maximum absolute atomic E-state index is 13.8. The van der Waals surface area contributed by atoms with Crippen molar-refractivity contribution in [2.75, 3.05) is 5.09 Å². The molecule has 4 aromatic rings. The van der Waals surface area contributed by atoms with Crippen molar-refractivity contribution in [3.63, 3.8) is 0 Å². The summed E-state index contributed by atoms with van der Waals surface area (Å²) in [6, 6.07) is 36.2. The first-order valence-electron chi connectivity index (χ1n) is 9.47. The van der Waals surface area contributed by atoms with Crippen LogP contribution in [0.25, 0.3) is 0 Å². The van der Waals surface area contributed by atoms with E-state index in [1.165, 1.54) is 6.07 Å². The number of hydrogen-bond acceptors (Lipinski definition) is 1. The monoisotopic (exact) mass is 465 g/mol. The second kappa shape index (κ2) is 7.74. The van der Waals surface area contributed by atoms with Crippen LogP contribution in [0.5, 0.6) is 0 Å². The van der Waals surface area contributed by atoms with Gasteiger partial charge < -0.3 is 0 Å². The van der Waals surface area contributed by atoms with Gasteiger partial charge in [0.15, 0.2) is 0 Å². The zero-order valence-corrected chi connectivity index (χ0v) is 18.6. The summed E-state index contributed by atoms with van der Waals surface area (Å²) in [4.78, 5) is 0. The van der Waals surface area contributed by atoms with Gasteiger partial charge in [-0.15, -0.1) is 0 Å². The fourth-order valence-corrected chi connectivity index (χ4v) is 10.6. The van der Waals surface area contributed by atoms with E-state index in [-0.39, 0.29) is 5.82 Å². The zero-order valence-electron chi connectivity index (χ0n) is 16.1. The van der Waals surface area contributed by atoms with Crippen LogP contribution in [0, 0.1) is 12.7 Å². The molecule has 4 heteroatoms. The molecule has 146 valence electrons. The number of anilines is 1. The van der Waals surface area contributed by atoms with Gasteiger partial charge in [-0.1, -0.05) is 0 Å². The third-order valence-corrected chi connectivity index (χ3v) is 13.9. The Labute approximate surface area is 179 Å². The Morgan fingerprint density at radius 1 is 0.655 bits per heavy atom. The van der Waals surface area contributed by atoms with Crippen molar-refractivity contribution in [1.82, 2.24) is 0 Å². The summed E-state index contributed by atoms with van der Waals surface area (Å²) in [7, 11) is 0. The quantitative estimate of drug-likeness (QED) is 0.341. The predicted octanol–water partition coefficient (Wildman–Crippen LogP) is 6.30. The van der Waals surface area contributed by atoms with Gasteiger partial charge in [0.1, 0.15) is 0 Å². The summed E-state index contributed by atoms with van der Waals surface area (Å²) in [5.41, 5.74) is -1.53. The van der Waals surface area contributed by atoms with Crippen molar-refractivity contribution in [3.05, 3.63) is 121 Å². The van der Waals surface area contributed by atoms with Crippen LogP contribution in [0.2, 0.25) is 0 Å². The van der Waals surface area contributed by atoms with Gasteiger partial charge in [-0.2, -0.15) is 0 Å². The van der Waals surface area contributed by atoms with Crippen molar-refractivity contribution in [3.8, 4) is 0 Å². The Hall–Kier alpha value is -2.48. The first-order chi connectivity index (χ1) is 14.0. The van der Waals surface area contributed by atoms with E-state index >= 15 is 0 Å². The molecule has 0 bridgehead atoms. The van der Waals surface area contributed by atoms with Crippen molar-refractivity contribution in [1.29, 1.82) is 0 Å². The van der Waals surface area contributed by atoms with Crippen LogP contribution in [0.3, 0.4) is 0 Å². The van der Waals surface area contributed by atoms with E-state index in [1.807, 2.05) is 31.2 Å². The summed E-state index contributed by atoms with van der Waals surface area (Å²) >= 11 is 4.33. The number of benzene rings is 4. The van der Waals surface area contributed by atoms with E-state index in [9.17, 15) is 4.39 Å². The van der Waals surface area contributed by atoms with E-state index in [0.29, 0.717) is 0 Å². The van der Waals surface area contributed by atoms with Crippen molar-refractivity contribution in [2.45, 2.75) is 6.92 Å². The van der Waals surface area contributed by atoms with Gasteiger partial charge in [-0.05, 0) is 0 Å². The SMILES string of the molecule is Cc1cc(F)ccc1NP(Br)(c1ccccc1)(c1ccccc1)c1ccccc1. The van der Waals surface area contributed by atoms with Gasteiger partial charge in [-0.3, -0.25) is 0 Å². The number of rotatable bonds is 5. The predicted molar refractivity (Wildman–Crippen MR) is 129 cm³/mol. The minimum atomic E-state index is -3.29. The second-order valence-electron chi connectivity index (χ2n) is 7.09. The Morgan fingerprint density at radius 3 is 1.45 bits per heavy atom. The van der Waals surface area contributed by atoms with Crippen molar-refractivity contribution >= 4 is 42.5 Å². The van der Waals surface area contributed by atoms with Gasteiger partial charge in [0.05, 0.1) is 0 Å². The molecule has 1 nitrogen and oxygen atoms in total. The Kier molecular flexibility index (Phi) is 5.29. The molecule has 0 heterocycles. The van der Waals surface area contributed by atoms with Gasteiger partial charge in [0, 0.05) is 0 Å². The molecule has 0 fully saturated rings. The number of hydrogen-bond donors (Lipinski definition) is 1.